The summed E-state index contributed by atoms with van der Waals surface area (Å²) in [6.45, 7) is 2.97. The lowest BCUT2D eigenvalue weighted by Gasteiger charge is -2.44. The fraction of sp³-hybridized carbons (Fsp3) is 0.500. The van der Waals surface area contributed by atoms with Crippen molar-refractivity contribution in [2.75, 3.05) is 26.7 Å². The van der Waals surface area contributed by atoms with Gasteiger partial charge in [-0.15, -0.1) is 0 Å². The van der Waals surface area contributed by atoms with Crippen molar-refractivity contribution in [3.8, 4) is 11.1 Å². The molecule has 10 heteroatoms. The first-order valence-electron chi connectivity index (χ1n) is 13.8. The van der Waals surface area contributed by atoms with Gasteiger partial charge in [0.05, 0.1) is 12.7 Å². The summed E-state index contributed by atoms with van der Waals surface area (Å²) in [5.74, 6) is -2.27. The van der Waals surface area contributed by atoms with E-state index in [9.17, 15) is 19.5 Å². The topological polar surface area (TPSA) is 142 Å². The lowest BCUT2D eigenvalue weighted by molar-refractivity contribution is -0.139. The predicted octanol–water partition coefficient (Wildman–Crippen LogP) is 3.81. The van der Waals surface area contributed by atoms with Gasteiger partial charge in [-0.3, -0.25) is 9.59 Å². The summed E-state index contributed by atoms with van der Waals surface area (Å²) >= 11 is 0. The van der Waals surface area contributed by atoms with Crippen LogP contribution in [-0.4, -0.2) is 65.9 Å². The third kappa shape index (κ3) is 7.57. The number of hydrogen-bond acceptors (Lipinski definition) is 6. The van der Waals surface area contributed by atoms with Crippen LogP contribution in [0.4, 0.5) is 9.18 Å². The number of carboxylic acid groups (broad SMARTS) is 1. The third-order valence-electron chi connectivity index (χ3n) is 7.73. The van der Waals surface area contributed by atoms with Crippen molar-refractivity contribution in [1.82, 2.24) is 10.2 Å². The number of piperidine rings is 1. The number of aliphatic hydroxyl groups is 1. The quantitative estimate of drug-likeness (QED) is 0.291. The summed E-state index contributed by atoms with van der Waals surface area (Å²) in [4.78, 5) is 37.3. The van der Waals surface area contributed by atoms with Gasteiger partial charge in [0, 0.05) is 37.5 Å². The lowest BCUT2D eigenvalue weighted by Crippen LogP contribution is -2.49. The van der Waals surface area contributed by atoms with Gasteiger partial charge >= 0.3 is 12.1 Å². The minimum Gasteiger partial charge on any atom is -0.480 e. The van der Waals surface area contributed by atoms with Crippen molar-refractivity contribution in [3.63, 3.8) is 0 Å². The number of nitrogens with two attached hydrogens (primary N) is 1. The molecule has 218 valence electrons. The summed E-state index contributed by atoms with van der Waals surface area (Å²) in [5, 5.41) is 24.2. The van der Waals surface area contributed by atoms with Gasteiger partial charge in [-0.25, -0.2) is 9.18 Å². The Labute approximate surface area is 234 Å². The van der Waals surface area contributed by atoms with E-state index in [-0.39, 0.29) is 38.3 Å². The van der Waals surface area contributed by atoms with Crippen molar-refractivity contribution in [2.45, 2.75) is 63.5 Å². The zero-order chi connectivity index (χ0) is 29.3. The largest absolute Gasteiger partial charge is 0.480 e. The highest BCUT2D eigenvalue weighted by Gasteiger charge is 2.43. The van der Waals surface area contributed by atoms with Crippen LogP contribution in [0.5, 0.6) is 0 Å². The van der Waals surface area contributed by atoms with Gasteiger partial charge in [-0.1, -0.05) is 43.3 Å². The summed E-state index contributed by atoms with van der Waals surface area (Å²) in [6.07, 6.45) is 2.00. The number of aryl methyl sites for hydroxylation is 1. The Morgan fingerprint density at radius 3 is 2.70 bits per heavy atom. The van der Waals surface area contributed by atoms with Crippen molar-refractivity contribution < 1.29 is 33.7 Å². The molecule has 1 fully saturated rings. The molecule has 2 amide bonds. The van der Waals surface area contributed by atoms with E-state index >= 15 is 4.39 Å². The molecule has 0 bridgehead atoms. The van der Waals surface area contributed by atoms with E-state index < -0.39 is 35.4 Å². The van der Waals surface area contributed by atoms with Gasteiger partial charge in [0.2, 0.25) is 5.91 Å². The summed E-state index contributed by atoms with van der Waals surface area (Å²) in [5.41, 5.74) is 6.51. The Morgan fingerprint density at radius 2 is 2.00 bits per heavy atom. The minimum atomic E-state index is -1.52. The summed E-state index contributed by atoms with van der Waals surface area (Å²) < 4.78 is 20.2. The number of alkyl carbamates (subject to hydrolysis) is 1. The number of carbonyl (C=O) groups excluding carboxylic acids is 2. The molecule has 1 saturated heterocycles. The van der Waals surface area contributed by atoms with E-state index in [4.69, 9.17) is 10.8 Å². The number of ether oxygens (including phenoxy) is 1. The number of likely N-dealkylation sites (tertiary alicyclic amines) is 1. The molecule has 2 aromatic rings. The fourth-order valence-electron chi connectivity index (χ4n) is 5.46. The van der Waals surface area contributed by atoms with Gasteiger partial charge in [-0.2, -0.15) is 0 Å². The molecular formula is C30H40FN3O6. The van der Waals surface area contributed by atoms with Crippen LogP contribution in [0.1, 0.15) is 56.6 Å². The molecule has 40 heavy (non-hydrogen) atoms. The van der Waals surface area contributed by atoms with E-state index in [2.05, 4.69) is 10.1 Å². The lowest BCUT2D eigenvalue weighted by atomic mass is 9.72. The number of rotatable bonds is 12. The van der Waals surface area contributed by atoms with Crippen LogP contribution in [0, 0.1) is 11.7 Å². The fourth-order valence-corrected chi connectivity index (χ4v) is 5.46. The first-order valence-corrected chi connectivity index (χ1v) is 13.8. The molecule has 0 spiro atoms. The number of nitrogens with one attached hydrogen (secondary N) is 1. The first kappa shape index (κ1) is 31.0. The molecule has 0 aliphatic carbocycles. The Balaban J connectivity index is 1.96. The van der Waals surface area contributed by atoms with Crippen LogP contribution in [0.15, 0.2) is 42.5 Å². The SMILES string of the molecule is CCc1cccc(-c2c(F)cccc2C(O)(CCCNC(=O)OC)[C@@H]2CCCN(C(=O)CC[C@H](N)C(=O)O)C2)c1. The molecule has 1 aliphatic rings. The summed E-state index contributed by atoms with van der Waals surface area (Å²) in [6, 6.07) is 11.1. The van der Waals surface area contributed by atoms with Gasteiger partial charge < -0.3 is 30.9 Å². The molecule has 3 atom stereocenters. The molecular weight excluding hydrogens is 517 g/mol. The minimum absolute atomic E-state index is 0.0145. The Morgan fingerprint density at radius 1 is 1.25 bits per heavy atom. The molecule has 2 aromatic carbocycles. The molecule has 0 aromatic heterocycles. The highest BCUT2D eigenvalue weighted by molar-refractivity contribution is 5.78. The number of benzene rings is 2. The highest BCUT2D eigenvalue weighted by Crippen LogP contribution is 2.44. The summed E-state index contributed by atoms with van der Waals surface area (Å²) in [7, 11) is 1.27. The maximum absolute atomic E-state index is 15.5. The van der Waals surface area contributed by atoms with Gasteiger partial charge in [0.15, 0.2) is 0 Å². The molecule has 0 radical (unpaired) electrons. The van der Waals surface area contributed by atoms with E-state index in [0.717, 1.165) is 12.0 Å². The normalized spacial score (nSPS) is 17.5. The van der Waals surface area contributed by atoms with Gasteiger partial charge in [0.1, 0.15) is 11.9 Å². The second kappa shape index (κ2) is 14.2. The van der Waals surface area contributed by atoms with Crippen LogP contribution in [0.25, 0.3) is 11.1 Å². The number of nitrogens with zero attached hydrogens (tertiary/aromatic N) is 1. The first-order chi connectivity index (χ1) is 19.1. The van der Waals surface area contributed by atoms with E-state index in [0.29, 0.717) is 42.5 Å². The zero-order valence-electron chi connectivity index (χ0n) is 23.2. The molecule has 3 rings (SSSR count). The molecule has 1 heterocycles. The average molecular weight is 558 g/mol. The highest BCUT2D eigenvalue weighted by atomic mass is 19.1. The van der Waals surface area contributed by atoms with Gasteiger partial charge in [-0.05, 0) is 61.3 Å². The maximum atomic E-state index is 15.5. The number of aliphatic carboxylic acids is 1. The molecule has 0 saturated carbocycles. The van der Waals surface area contributed by atoms with Crippen molar-refractivity contribution in [3.05, 3.63) is 59.4 Å². The molecule has 1 aliphatic heterocycles. The number of amides is 2. The second-order valence-corrected chi connectivity index (χ2v) is 10.3. The number of carbonyl (C=O) groups is 3. The Hall–Kier alpha value is -3.50. The number of hydrogen-bond donors (Lipinski definition) is 4. The predicted molar refractivity (Wildman–Crippen MR) is 149 cm³/mol. The Bertz CT molecular complexity index is 1190. The maximum Gasteiger partial charge on any atom is 0.406 e. The monoisotopic (exact) mass is 557 g/mol. The standard InChI is InChI=1S/C30H40FN3O6/c1-3-20-8-4-9-21(18-20)27-23(11-5-12-24(27)31)30(39,15-7-16-33-29(38)40-2)22-10-6-17-34(19-22)26(35)14-13-25(32)28(36)37/h4-5,8-9,11-12,18,22,25,39H,3,6-7,10,13-17,19,32H2,1-2H3,(H,33,38)(H,36,37)/t22-,25+,30?/m1/s1. The van der Waals surface area contributed by atoms with E-state index in [1.54, 1.807) is 17.0 Å². The second-order valence-electron chi connectivity index (χ2n) is 10.3. The van der Waals surface area contributed by atoms with Crippen molar-refractivity contribution in [2.24, 2.45) is 11.7 Å². The number of halogens is 1. The van der Waals surface area contributed by atoms with Crippen LogP contribution in [0.3, 0.4) is 0 Å². The van der Waals surface area contributed by atoms with E-state index in [1.165, 1.54) is 13.2 Å². The van der Waals surface area contributed by atoms with Crippen LogP contribution < -0.4 is 11.1 Å². The molecule has 1 unspecified atom stereocenters. The molecule has 9 nitrogen and oxygen atoms in total. The van der Waals surface area contributed by atoms with Crippen molar-refractivity contribution >= 4 is 18.0 Å². The smallest absolute Gasteiger partial charge is 0.406 e. The average Bonchev–Trinajstić information content (AvgIpc) is 2.97. The van der Waals surface area contributed by atoms with Gasteiger partial charge in [0.25, 0.3) is 0 Å². The van der Waals surface area contributed by atoms with Crippen LogP contribution in [-0.2, 0) is 26.3 Å². The van der Waals surface area contributed by atoms with Crippen LogP contribution >= 0.6 is 0 Å². The van der Waals surface area contributed by atoms with Crippen LogP contribution in [0.2, 0.25) is 0 Å². The number of carboxylic acids is 1. The number of methoxy groups -OCH3 is 1. The van der Waals surface area contributed by atoms with Crippen molar-refractivity contribution in [1.29, 1.82) is 0 Å². The van der Waals surface area contributed by atoms with E-state index in [1.807, 2.05) is 31.2 Å². The Kier molecular flexibility index (Phi) is 11.0. The zero-order valence-corrected chi connectivity index (χ0v) is 23.2. The molecule has 5 N–H and O–H groups in total. The third-order valence-corrected chi connectivity index (χ3v) is 7.73.